The summed E-state index contributed by atoms with van der Waals surface area (Å²) >= 11 is 4.68. The summed E-state index contributed by atoms with van der Waals surface area (Å²) in [6.07, 6.45) is -4.55. The van der Waals surface area contributed by atoms with Crippen LogP contribution in [0.15, 0.2) is 87.3 Å². The number of ether oxygens (including phenoxy) is 1. The molecule has 1 aromatic heterocycles. The highest BCUT2D eigenvalue weighted by Gasteiger charge is 2.31. The molecule has 0 saturated carbocycles. The number of benzene rings is 3. The van der Waals surface area contributed by atoms with Crippen molar-refractivity contribution in [2.75, 3.05) is 26.3 Å². The van der Waals surface area contributed by atoms with Gasteiger partial charge < -0.3 is 10.1 Å². The maximum absolute atomic E-state index is 13.5. The molecule has 0 bridgehead atoms. The van der Waals surface area contributed by atoms with E-state index in [9.17, 15) is 26.4 Å². The molecule has 0 radical (unpaired) electrons. The number of halogens is 4. The predicted molar refractivity (Wildman–Crippen MR) is 157 cm³/mol. The number of carbonyl (C=O) groups excluding carboxylic acids is 1. The van der Waals surface area contributed by atoms with Crippen molar-refractivity contribution in [2.45, 2.75) is 28.5 Å². The normalized spacial score (nSPS) is 14.5. The van der Waals surface area contributed by atoms with Crippen LogP contribution in [0.4, 0.5) is 13.2 Å². The van der Waals surface area contributed by atoms with E-state index in [1.165, 1.54) is 57.0 Å². The zero-order chi connectivity index (χ0) is 30.6. The number of nitrogens with one attached hydrogen (secondary N) is 1. The van der Waals surface area contributed by atoms with Crippen LogP contribution in [-0.4, -0.2) is 59.7 Å². The second-order valence-corrected chi connectivity index (χ2v) is 13.2. The van der Waals surface area contributed by atoms with Gasteiger partial charge in [-0.05, 0) is 60.2 Å². The van der Waals surface area contributed by atoms with E-state index in [-0.39, 0.29) is 41.6 Å². The molecule has 43 heavy (non-hydrogen) atoms. The molecule has 0 aliphatic carbocycles. The van der Waals surface area contributed by atoms with E-state index < -0.39 is 27.7 Å². The number of aromatic nitrogens is 3. The lowest BCUT2D eigenvalue weighted by atomic mass is 10.2. The molecule has 4 aromatic rings. The maximum atomic E-state index is 13.5. The van der Waals surface area contributed by atoms with Crippen molar-refractivity contribution in [3.05, 3.63) is 99.8 Å². The Hall–Kier alpha value is -3.24. The number of alkyl halides is 3. The summed E-state index contributed by atoms with van der Waals surface area (Å²) < 4.78 is 75.2. The van der Waals surface area contributed by atoms with Gasteiger partial charge in [-0.1, -0.05) is 45.9 Å². The zero-order valence-corrected chi connectivity index (χ0v) is 25.6. The molecular weight excluding hydrogens is 671 g/mol. The first-order chi connectivity index (χ1) is 20.5. The smallest absolute Gasteiger partial charge is 0.379 e. The molecule has 1 amide bonds. The monoisotopic (exact) mass is 695 g/mol. The van der Waals surface area contributed by atoms with Gasteiger partial charge in [0.1, 0.15) is 0 Å². The average Bonchev–Trinajstić information content (AvgIpc) is 3.42. The van der Waals surface area contributed by atoms with Gasteiger partial charge in [-0.15, -0.1) is 10.2 Å². The molecule has 15 heteroatoms. The zero-order valence-electron chi connectivity index (χ0n) is 22.4. The first-order valence-electron chi connectivity index (χ1n) is 13.0. The van der Waals surface area contributed by atoms with Crippen molar-refractivity contribution in [3.8, 4) is 5.69 Å². The number of thioether (sulfide) groups is 1. The van der Waals surface area contributed by atoms with Crippen LogP contribution < -0.4 is 5.32 Å². The van der Waals surface area contributed by atoms with Crippen LogP contribution in [0.3, 0.4) is 0 Å². The minimum atomic E-state index is -4.55. The van der Waals surface area contributed by atoms with Crippen molar-refractivity contribution in [2.24, 2.45) is 0 Å². The van der Waals surface area contributed by atoms with Crippen LogP contribution in [-0.2, 0) is 33.2 Å². The highest BCUT2D eigenvalue weighted by molar-refractivity contribution is 9.10. The first kappa shape index (κ1) is 31.2. The van der Waals surface area contributed by atoms with Gasteiger partial charge in [0.05, 0.1) is 35.9 Å². The Balaban J connectivity index is 1.35. The third kappa shape index (κ3) is 7.47. The fourth-order valence-corrected chi connectivity index (χ4v) is 6.89. The third-order valence-corrected chi connectivity index (χ3v) is 9.99. The number of hydrogen-bond acceptors (Lipinski definition) is 7. The largest absolute Gasteiger partial charge is 0.416 e. The van der Waals surface area contributed by atoms with E-state index in [0.717, 1.165) is 22.2 Å². The number of rotatable bonds is 9. The summed E-state index contributed by atoms with van der Waals surface area (Å²) in [7, 11) is -3.72. The van der Waals surface area contributed by atoms with E-state index in [4.69, 9.17) is 4.74 Å². The van der Waals surface area contributed by atoms with Crippen LogP contribution in [0, 0.1) is 0 Å². The molecule has 1 saturated heterocycles. The molecule has 0 unspecified atom stereocenters. The summed E-state index contributed by atoms with van der Waals surface area (Å²) in [5.41, 5.74) is 0.543. The molecule has 2 heterocycles. The molecule has 226 valence electrons. The number of carbonyl (C=O) groups is 1. The molecular formula is C28H25BrF3N5O4S2. The van der Waals surface area contributed by atoms with Crippen molar-refractivity contribution in [3.63, 3.8) is 0 Å². The van der Waals surface area contributed by atoms with Gasteiger partial charge in [-0.25, -0.2) is 8.42 Å². The van der Waals surface area contributed by atoms with Crippen molar-refractivity contribution < 1.29 is 31.1 Å². The van der Waals surface area contributed by atoms with Crippen LogP contribution in [0.5, 0.6) is 0 Å². The van der Waals surface area contributed by atoms with E-state index in [1.54, 1.807) is 0 Å². The summed E-state index contributed by atoms with van der Waals surface area (Å²) in [5, 5.41) is 11.4. The molecule has 1 aliphatic heterocycles. The average molecular weight is 697 g/mol. The van der Waals surface area contributed by atoms with Gasteiger partial charge in [0.25, 0.3) is 5.91 Å². The summed E-state index contributed by atoms with van der Waals surface area (Å²) in [6, 6.07) is 17.9. The quantitative estimate of drug-likeness (QED) is 0.237. The van der Waals surface area contributed by atoms with E-state index >= 15 is 0 Å². The van der Waals surface area contributed by atoms with E-state index in [0.29, 0.717) is 24.1 Å². The summed E-state index contributed by atoms with van der Waals surface area (Å²) in [5.74, 6) is 0.187. The van der Waals surface area contributed by atoms with Gasteiger partial charge in [0.15, 0.2) is 11.0 Å². The minimum Gasteiger partial charge on any atom is -0.379 e. The van der Waals surface area contributed by atoms with Gasteiger partial charge in [-0.2, -0.15) is 17.5 Å². The molecule has 0 atom stereocenters. The predicted octanol–water partition coefficient (Wildman–Crippen LogP) is 5.29. The van der Waals surface area contributed by atoms with Gasteiger partial charge in [0.2, 0.25) is 10.0 Å². The lowest BCUT2D eigenvalue weighted by Crippen LogP contribution is -2.40. The number of morpholine rings is 1. The number of nitrogens with zero attached hydrogens (tertiary/aromatic N) is 4. The topological polar surface area (TPSA) is 106 Å². The first-order valence-corrected chi connectivity index (χ1v) is 16.2. The highest BCUT2D eigenvalue weighted by atomic mass is 79.9. The van der Waals surface area contributed by atoms with Crippen LogP contribution in [0.2, 0.25) is 0 Å². The highest BCUT2D eigenvalue weighted by Crippen LogP contribution is 2.32. The molecule has 5 rings (SSSR count). The summed E-state index contributed by atoms with van der Waals surface area (Å²) in [6.45, 7) is 0.987. The Morgan fingerprint density at radius 2 is 1.70 bits per heavy atom. The fourth-order valence-electron chi connectivity index (χ4n) is 4.29. The van der Waals surface area contributed by atoms with Crippen molar-refractivity contribution in [1.82, 2.24) is 24.4 Å². The van der Waals surface area contributed by atoms with Gasteiger partial charge in [0, 0.05) is 28.9 Å². The van der Waals surface area contributed by atoms with E-state index in [1.807, 2.05) is 24.3 Å². The third-order valence-electron chi connectivity index (χ3n) is 6.54. The Kier molecular flexibility index (Phi) is 9.56. The standard InChI is InChI=1S/C28H25BrF3N5O4S2/c29-22-8-4-19(5-9-22)18-42-27-35-34-25(37(27)23-3-1-2-21(16-23)28(30,31)32)17-33-26(38)20-6-10-24(11-7-20)43(39,40)36-12-14-41-15-13-36/h1-11,16H,12-15,17-18H2,(H,33,38). The Labute approximate surface area is 258 Å². The van der Waals surface area contributed by atoms with Crippen molar-refractivity contribution >= 4 is 43.6 Å². The number of sulfonamides is 1. The Morgan fingerprint density at radius 1 is 1.00 bits per heavy atom. The lowest BCUT2D eigenvalue weighted by Gasteiger charge is -2.26. The van der Waals surface area contributed by atoms with Crippen LogP contribution in [0.25, 0.3) is 5.69 Å². The molecule has 3 aromatic carbocycles. The minimum absolute atomic E-state index is 0.0580. The molecule has 1 N–H and O–H groups in total. The van der Waals surface area contributed by atoms with Crippen LogP contribution in [0.1, 0.15) is 27.3 Å². The Morgan fingerprint density at radius 3 is 2.37 bits per heavy atom. The second kappa shape index (κ2) is 13.2. The number of hydrogen-bond donors (Lipinski definition) is 1. The van der Waals surface area contributed by atoms with Crippen molar-refractivity contribution in [1.29, 1.82) is 0 Å². The lowest BCUT2D eigenvalue weighted by molar-refractivity contribution is -0.137. The molecule has 1 aliphatic rings. The fraction of sp³-hybridized carbons (Fsp3) is 0.250. The maximum Gasteiger partial charge on any atom is 0.416 e. The van der Waals surface area contributed by atoms with Gasteiger partial charge >= 0.3 is 6.18 Å². The number of amides is 1. The van der Waals surface area contributed by atoms with E-state index in [2.05, 4.69) is 31.4 Å². The SMILES string of the molecule is O=C(NCc1nnc(SCc2ccc(Br)cc2)n1-c1cccc(C(F)(F)F)c1)c1ccc(S(=O)(=O)N2CCOCC2)cc1. The molecule has 1 fully saturated rings. The Bertz CT molecular complexity index is 1690. The molecule has 9 nitrogen and oxygen atoms in total. The molecule has 0 spiro atoms. The summed E-state index contributed by atoms with van der Waals surface area (Å²) in [4.78, 5) is 13.0. The van der Waals surface area contributed by atoms with Gasteiger partial charge in [-0.3, -0.25) is 9.36 Å². The second-order valence-electron chi connectivity index (χ2n) is 9.42. The van der Waals surface area contributed by atoms with Crippen LogP contribution >= 0.6 is 27.7 Å².